The topological polar surface area (TPSA) is 141 Å². The summed E-state index contributed by atoms with van der Waals surface area (Å²) in [5.74, 6) is 1.22. The van der Waals surface area contributed by atoms with Gasteiger partial charge >= 0.3 is 0 Å². The van der Waals surface area contributed by atoms with Crippen molar-refractivity contribution < 1.29 is 5.11 Å². The van der Waals surface area contributed by atoms with Crippen molar-refractivity contribution in [3.8, 4) is 23.3 Å². The minimum atomic E-state index is -0.786. The van der Waals surface area contributed by atoms with Gasteiger partial charge < -0.3 is 10.4 Å². The van der Waals surface area contributed by atoms with Crippen molar-refractivity contribution in [3.63, 3.8) is 0 Å². The van der Waals surface area contributed by atoms with Gasteiger partial charge in [-0.25, -0.2) is 9.97 Å². The number of aliphatic hydroxyl groups excluding tert-OH is 1. The molecular weight excluding hydrogens is 430 g/mol. The van der Waals surface area contributed by atoms with Crippen LogP contribution in [0.15, 0.2) is 48.8 Å². The number of nitriles is 1. The van der Waals surface area contributed by atoms with Crippen LogP contribution in [-0.4, -0.2) is 40.0 Å². The van der Waals surface area contributed by atoms with E-state index in [4.69, 9.17) is 4.98 Å². The summed E-state index contributed by atoms with van der Waals surface area (Å²) in [7, 11) is 0. The number of pyridine rings is 1. The second-order valence-corrected chi connectivity index (χ2v) is 7.97. The first kappa shape index (κ1) is 21.2. The fourth-order valence-corrected chi connectivity index (χ4v) is 3.74. The molecule has 10 heteroatoms. The number of hydrogen-bond donors (Lipinski definition) is 3. The minimum absolute atomic E-state index is 0.396. The summed E-state index contributed by atoms with van der Waals surface area (Å²) in [6.45, 7) is 5.32. The Morgan fingerprint density at radius 3 is 2.68 bits per heavy atom. The van der Waals surface area contributed by atoms with Crippen LogP contribution in [-0.2, 0) is 0 Å². The predicted octanol–water partition coefficient (Wildman–Crippen LogP) is 3.89. The zero-order valence-electron chi connectivity index (χ0n) is 18.8. The van der Waals surface area contributed by atoms with Crippen LogP contribution >= 0.6 is 0 Å². The third kappa shape index (κ3) is 3.74. The highest BCUT2D eigenvalue weighted by Gasteiger charge is 2.20. The monoisotopic (exact) mass is 451 g/mol. The van der Waals surface area contributed by atoms with Crippen LogP contribution in [0.3, 0.4) is 0 Å². The lowest BCUT2D eigenvalue weighted by atomic mass is 10.0. The summed E-state index contributed by atoms with van der Waals surface area (Å²) in [4.78, 5) is 9.28. The van der Waals surface area contributed by atoms with Gasteiger partial charge in [0.2, 0.25) is 0 Å². The summed E-state index contributed by atoms with van der Waals surface area (Å²) >= 11 is 0. The second kappa shape index (κ2) is 8.38. The van der Waals surface area contributed by atoms with Gasteiger partial charge in [0.05, 0.1) is 28.5 Å². The van der Waals surface area contributed by atoms with E-state index in [1.165, 1.54) is 0 Å². The lowest BCUT2D eigenvalue weighted by Gasteiger charge is -2.13. The smallest absolute Gasteiger partial charge is 0.153 e. The van der Waals surface area contributed by atoms with Gasteiger partial charge in [-0.3, -0.25) is 9.67 Å². The summed E-state index contributed by atoms with van der Waals surface area (Å²) in [5, 5.41) is 38.5. The molecule has 0 aliphatic heterocycles. The van der Waals surface area contributed by atoms with Gasteiger partial charge in [0.15, 0.2) is 5.82 Å². The number of imidazole rings is 1. The Balaban J connectivity index is 1.60. The van der Waals surface area contributed by atoms with Gasteiger partial charge in [0.1, 0.15) is 35.2 Å². The first-order valence-electron chi connectivity index (χ1n) is 10.6. The van der Waals surface area contributed by atoms with Crippen LogP contribution in [0.4, 0.5) is 11.5 Å². The van der Waals surface area contributed by atoms with E-state index in [0.717, 1.165) is 22.4 Å². The van der Waals surface area contributed by atoms with Gasteiger partial charge in [0.25, 0.3) is 0 Å². The highest BCUT2D eigenvalue weighted by atomic mass is 16.3. The number of hydrogen-bond acceptors (Lipinski definition) is 8. The standard InChI is InChI=1S/C24H21N9O/c1-13-4-8-21(31-29-13)27-16-5-7-19-20(10-16)33(12-26-19)22-9-6-17(15(3)34)23(28-22)24-18(11-25)14(2)30-32-24/h4-10,12,15,34H,1-3H3,(H,27,31)(H,30,32)/t15-/m0/s1. The van der Waals surface area contributed by atoms with Crippen molar-refractivity contribution in [1.82, 2.24) is 34.9 Å². The first-order chi connectivity index (χ1) is 16.4. The van der Waals surface area contributed by atoms with E-state index < -0.39 is 6.10 Å². The van der Waals surface area contributed by atoms with Crippen molar-refractivity contribution in [2.24, 2.45) is 0 Å². The third-order valence-electron chi connectivity index (χ3n) is 5.51. The van der Waals surface area contributed by atoms with Crippen LogP contribution in [0.5, 0.6) is 0 Å². The molecule has 1 atom stereocenters. The summed E-state index contributed by atoms with van der Waals surface area (Å²) in [6.07, 6.45) is 0.904. The van der Waals surface area contributed by atoms with Gasteiger partial charge in [-0.15, -0.1) is 5.10 Å². The van der Waals surface area contributed by atoms with E-state index in [2.05, 4.69) is 36.8 Å². The van der Waals surface area contributed by atoms with E-state index in [9.17, 15) is 10.4 Å². The Morgan fingerprint density at radius 2 is 1.94 bits per heavy atom. The number of anilines is 2. The molecule has 0 aliphatic rings. The molecule has 0 aliphatic carbocycles. The van der Waals surface area contributed by atoms with Crippen LogP contribution in [0.2, 0.25) is 0 Å². The average Bonchev–Trinajstić information content (AvgIpc) is 3.42. The van der Waals surface area contributed by atoms with E-state index in [1.54, 1.807) is 26.2 Å². The second-order valence-electron chi connectivity index (χ2n) is 7.97. The molecular formula is C24H21N9O. The fraction of sp³-hybridized carbons (Fsp3) is 0.167. The molecule has 0 unspecified atom stereocenters. The molecule has 0 saturated heterocycles. The van der Waals surface area contributed by atoms with E-state index in [-0.39, 0.29) is 0 Å². The lowest BCUT2D eigenvalue weighted by molar-refractivity contribution is 0.199. The number of H-pyrrole nitrogens is 1. The minimum Gasteiger partial charge on any atom is -0.389 e. The van der Waals surface area contributed by atoms with Crippen molar-refractivity contribution in [1.29, 1.82) is 5.26 Å². The van der Waals surface area contributed by atoms with Crippen molar-refractivity contribution in [3.05, 3.63) is 71.3 Å². The Hall–Kier alpha value is -4.62. The number of aryl methyl sites for hydroxylation is 2. The average molecular weight is 451 g/mol. The molecule has 0 spiro atoms. The van der Waals surface area contributed by atoms with Crippen molar-refractivity contribution in [2.45, 2.75) is 26.9 Å². The Kier molecular flexibility index (Phi) is 5.24. The molecule has 0 fully saturated rings. The number of nitrogens with one attached hydrogen (secondary N) is 2. The molecule has 0 amide bonds. The number of rotatable bonds is 5. The van der Waals surface area contributed by atoms with E-state index in [1.807, 2.05) is 47.9 Å². The Bertz CT molecular complexity index is 1540. The summed E-state index contributed by atoms with van der Waals surface area (Å²) in [5.41, 5.74) is 5.75. The highest BCUT2D eigenvalue weighted by molar-refractivity contribution is 5.82. The number of aromatic amines is 1. The zero-order valence-corrected chi connectivity index (χ0v) is 18.8. The molecule has 0 saturated carbocycles. The van der Waals surface area contributed by atoms with Crippen molar-refractivity contribution >= 4 is 22.5 Å². The van der Waals surface area contributed by atoms with Gasteiger partial charge in [-0.1, -0.05) is 6.07 Å². The quantitative estimate of drug-likeness (QED) is 0.365. The Labute approximate surface area is 195 Å². The SMILES string of the molecule is Cc1ccc(Nc2ccc3ncn(-c4ccc([C@H](C)O)c(-c5n[nH]c(C)c5C#N)n4)c3c2)nn1. The van der Waals surface area contributed by atoms with Crippen LogP contribution in [0.25, 0.3) is 28.2 Å². The molecule has 5 rings (SSSR count). The maximum Gasteiger partial charge on any atom is 0.153 e. The first-order valence-corrected chi connectivity index (χ1v) is 10.6. The summed E-state index contributed by atoms with van der Waals surface area (Å²) < 4.78 is 1.85. The molecule has 34 heavy (non-hydrogen) atoms. The third-order valence-corrected chi connectivity index (χ3v) is 5.51. The summed E-state index contributed by atoms with van der Waals surface area (Å²) in [6, 6.07) is 15.3. The van der Waals surface area contributed by atoms with Gasteiger partial charge in [-0.2, -0.15) is 15.5 Å². The molecule has 0 radical (unpaired) electrons. The normalized spacial score (nSPS) is 12.0. The molecule has 10 nitrogen and oxygen atoms in total. The number of fused-ring (bicyclic) bond motifs is 1. The zero-order chi connectivity index (χ0) is 23.8. The molecule has 4 heterocycles. The highest BCUT2D eigenvalue weighted by Crippen LogP contribution is 2.31. The molecule has 1 aromatic carbocycles. The number of aromatic nitrogens is 7. The molecule has 5 aromatic rings. The molecule has 4 aromatic heterocycles. The number of nitrogens with zero attached hydrogens (tertiary/aromatic N) is 7. The largest absolute Gasteiger partial charge is 0.389 e. The number of benzene rings is 1. The van der Waals surface area contributed by atoms with Crippen LogP contribution < -0.4 is 5.32 Å². The van der Waals surface area contributed by atoms with Crippen molar-refractivity contribution in [2.75, 3.05) is 5.32 Å². The predicted molar refractivity (Wildman–Crippen MR) is 127 cm³/mol. The van der Waals surface area contributed by atoms with Crippen LogP contribution in [0.1, 0.15) is 35.5 Å². The maximum atomic E-state index is 10.3. The molecule has 168 valence electrons. The van der Waals surface area contributed by atoms with Gasteiger partial charge in [-0.05, 0) is 57.2 Å². The van der Waals surface area contributed by atoms with Gasteiger partial charge in [0, 0.05) is 11.3 Å². The van der Waals surface area contributed by atoms with E-state index in [0.29, 0.717) is 39.8 Å². The Morgan fingerprint density at radius 1 is 1.09 bits per heavy atom. The van der Waals surface area contributed by atoms with Crippen LogP contribution in [0, 0.1) is 25.2 Å². The fourth-order valence-electron chi connectivity index (χ4n) is 3.74. The van der Waals surface area contributed by atoms with E-state index >= 15 is 0 Å². The molecule has 3 N–H and O–H groups in total. The number of aliphatic hydroxyl groups is 1. The lowest BCUT2D eigenvalue weighted by Crippen LogP contribution is -2.04. The maximum absolute atomic E-state index is 10.3. The molecule has 0 bridgehead atoms.